The maximum absolute atomic E-state index is 12.4. The number of aromatic amines is 1. The Balaban J connectivity index is 2.43. The zero-order valence-electron chi connectivity index (χ0n) is 8.57. The lowest BCUT2D eigenvalue weighted by atomic mass is 10.0. The van der Waals surface area contributed by atoms with E-state index in [0.29, 0.717) is 5.56 Å². The van der Waals surface area contributed by atoms with Crippen molar-refractivity contribution in [3.8, 4) is 11.3 Å². The summed E-state index contributed by atoms with van der Waals surface area (Å²) in [5.74, 6) is 0. The lowest BCUT2D eigenvalue weighted by molar-refractivity contribution is -0.206. The summed E-state index contributed by atoms with van der Waals surface area (Å²) in [7, 11) is 0. The summed E-state index contributed by atoms with van der Waals surface area (Å²) in [6, 6.07) is 8.42. The van der Waals surface area contributed by atoms with Crippen LogP contribution in [0, 0.1) is 0 Å². The minimum absolute atomic E-state index is 0.176. The van der Waals surface area contributed by atoms with Crippen molar-refractivity contribution in [1.82, 2.24) is 10.2 Å². The van der Waals surface area contributed by atoms with E-state index in [1.807, 2.05) is 0 Å². The van der Waals surface area contributed by atoms with Gasteiger partial charge in [-0.3, -0.25) is 5.10 Å². The first-order valence-corrected chi connectivity index (χ1v) is 4.83. The van der Waals surface area contributed by atoms with E-state index >= 15 is 0 Å². The highest BCUT2D eigenvalue weighted by atomic mass is 19.4. The molecule has 1 heterocycles. The highest BCUT2D eigenvalue weighted by Gasteiger charge is 2.41. The number of aromatic nitrogens is 2. The molecule has 6 heteroatoms. The van der Waals surface area contributed by atoms with Crippen LogP contribution in [0.25, 0.3) is 11.3 Å². The SMILES string of the molecule is OC(c1cn[nH]c1-c1ccccc1)C(F)(F)F. The van der Waals surface area contributed by atoms with E-state index < -0.39 is 12.3 Å². The fourth-order valence-corrected chi connectivity index (χ4v) is 1.52. The second kappa shape index (κ2) is 4.21. The van der Waals surface area contributed by atoms with Crippen LogP contribution in [0.3, 0.4) is 0 Å². The predicted molar refractivity (Wildman–Crippen MR) is 55.0 cm³/mol. The molecule has 1 aromatic carbocycles. The largest absolute Gasteiger partial charge is 0.418 e. The highest BCUT2D eigenvalue weighted by molar-refractivity contribution is 5.63. The molecule has 2 rings (SSSR count). The molecule has 90 valence electrons. The van der Waals surface area contributed by atoms with Crippen LogP contribution >= 0.6 is 0 Å². The highest BCUT2D eigenvalue weighted by Crippen LogP contribution is 2.36. The number of nitrogens with zero attached hydrogens (tertiary/aromatic N) is 1. The van der Waals surface area contributed by atoms with Gasteiger partial charge in [-0.15, -0.1) is 0 Å². The summed E-state index contributed by atoms with van der Waals surface area (Å²) in [6.07, 6.45) is -6.25. The first kappa shape index (κ1) is 11.7. The summed E-state index contributed by atoms with van der Waals surface area (Å²) >= 11 is 0. The molecule has 0 aliphatic carbocycles. The van der Waals surface area contributed by atoms with Crippen molar-refractivity contribution in [2.45, 2.75) is 12.3 Å². The molecule has 0 aliphatic rings. The van der Waals surface area contributed by atoms with Gasteiger partial charge in [0, 0.05) is 5.56 Å². The number of benzene rings is 1. The van der Waals surface area contributed by atoms with E-state index in [2.05, 4.69) is 10.2 Å². The predicted octanol–water partition coefficient (Wildman–Crippen LogP) is 2.67. The van der Waals surface area contributed by atoms with Gasteiger partial charge in [0.15, 0.2) is 6.10 Å². The average Bonchev–Trinajstić information content (AvgIpc) is 2.76. The van der Waals surface area contributed by atoms with Crippen LogP contribution < -0.4 is 0 Å². The molecule has 2 N–H and O–H groups in total. The molecule has 0 radical (unpaired) electrons. The third-order valence-corrected chi connectivity index (χ3v) is 2.34. The third-order valence-electron chi connectivity index (χ3n) is 2.34. The minimum atomic E-state index is -4.70. The molecule has 0 saturated carbocycles. The van der Waals surface area contributed by atoms with Gasteiger partial charge in [0.1, 0.15) is 0 Å². The molecule has 17 heavy (non-hydrogen) atoms. The molecule has 0 saturated heterocycles. The number of hydrogen-bond acceptors (Lipinski definition) is 2. The van der Waals surface area contributed by atoms with Crippen molar-refractivity contribution in [3.63, 3.8) is 0 Å². The van der Waals surface area contributed by atoms with Gasteiger partial charge in [0.25, 0.3) is 0 Å². The van der Waals surface area contributed by atoms with Crippen molar-refractivity contribution in [3.05, 3.63) is 42.1 Å². The van der Waals surface area contributed by atoms with Crippen molar-refractivity contribution < 1.29 is 18.3 Å². The number of halogens is 3. The first-order valence-electron chi connectivity index (χ1n) is 4.83. The molecule has 1 unspecified atom stereocenters. The number of aliphatic hydroxyl groups excluding tert-OH is 1. The van der Waals surface area contributed by atoms with Crippen molar-refractivity contribution in [1.29, 1.82) is 0 Å². The lowest BCUT2D eigenvalue weighted by Crippen LogP contribution is -2.20. The molecule has 2 aromatic rings. The van der Waals surface area contributed by atoms with E-state index in [1.54, 1.807) is 30.3 Å². The van der Waals surface area contributed by atoms with Crippen molar-refractivity contribution >= 4 is 0 Å². The first-order chi connectivity index (χ1) is 8.00. The number of H-pyrrole nitrogens is 1. The lowest BCUT2D eigenvalue weighted by Gasteiger charge is -2.14. The second-order valence-corrected chi connectivity index (χ2v) is 3.51. The Bertz CT molecular complexity index is 493. The number of rotatable bonds is 2. The summed E-state index contributed by atoms with van der Waals surface area (Å²) in [5, 5.41) is 15.2. The van der Waals surface area contributed by atoms with E-state index in [4.69, 9.17) is 0 Å². The molecule has 1 atom stereocenters. The van der Waals surface area contributed by atoms with Gasteiger partial charge < -0.3 is 5.11 Å². The van der Waals surface area contributed by atoms with Crippen LogP contribution in [0.2, 0.25) is 0 Å². The molecule has 0 fully saturated rings. The second-order valence-electron chi connectivity index (χ2n) is 3.51. The van der Waals surface area contributed by atoms with Gasteiger partial charge in [-0.1, -0.05) is 30.3 Å². The zero-order chi connectivity index (χ0) is 12.5. The van der Waals surface area contributed by atoms with Gasteiger partial charge in [-0.05, 0) is 5.56 Å². The molecule has 0 amide bonds. The van der Waals surface area contributed by atoms with Crippen LogP contribution in [0.15, 0.2) is 36.5 Å². The quantitative estimate of drug-likeness (QED) is 0.850. The van der Waals surface area contributed by atoms with Crippen LogP contribution in [-0.2, 0) is 0 Å². The standard InChI is InChI=1S/C11H9F3N2O/c12-11(13,14)10(17)8-6-15-16-9(8)7-4-2-1-3-5-7/h1-6,10,17H,(H,15,16). The third kappa shape index (κ3) is 2.31. The van der Waals surface area contributed by atoms with Crippen LogP contribution in [0.4, 0.5) is 13.2 Å². The Morgan fingerprint density at radius 1 is 1.18 bits per heavy atom. The van der Waals surface area contributed by atoms with Gasteiger partial charge in [-0.25, -0.2) is 0 Å². The van der Waals surface area contributed by atoms with Crippen molar-refractivity contribution in [2.24, 2.45) is 0 Å². The van der Waals surface area contributed by atoms with Gasteiger partial charge in [-0.2, -0.15) is 18.3 Å². The molecule has 0 aliphatic heterocycles. The van der Waals surface area contributed by atoms with Crippen LogP contribution in [-0.4, -0.2) is 21.5 Å². The maximum Gasteiger partial charge on any atom is 0.418 e. The monoisotopic (exact) mass is 242 g/mol. The number of alkyl halides is 3. The molecule has 0 bridgehead atoms. The normalized spacial score (nSPS) is 13.6. The summed E-state index contributed by atoms with van der Waals surface area (Å²) in [6.45, 7) is 0. The Morgan fingerprint density at radius 2 is 1.82 bits per heavy atom. The van der Waals surface area contributed by atoms with E-state index in [0.717, 1.165) is 6.20 Å². The minimum Gasteiger partial charge on any atom is -0.379 e. The van der Waals surface area contributed by atoms with Gasteiger partial charge in [0.05, 0.1) is 11.9 Å². The van der Waals surface area contributed by atoms with E-state index in [-0.39, 0.29) is 11.3 Å². The molecular weight excluding hydrogens is 233 g/mol. The number of aliphatic hydroxyl groups is 1. The summed E-state index contributed by atoms with van der Waals surface area (Å²) < 4.78 is 37.2. The van der Waals surface area contributed by atoms with E-state index in [9.17, 15) is 18.3 Å². The zero-order valence-corrected chi connectivity index (χ0v) is 8.57. The number of nitrogens with one attached hydrogen (secondary N) is 1. The molecule has 1 aromatic heterocycles. The van der Waals surface area contributed by atoms with Crippen LogP contribution in [0.5, 0.6) is 0 Å². The molecule has 0 spiro atoms. The Labute approximate surface area is 94.9 Å². The van der Waals surface area contributed by atoms with Gasteiger partial charge >= 0.3 is 6.18 Å². The summed E-state index contributed by atoms with van der Waals surface area (Å²) in [4.78, 5) is 0. The molecular formula is C11H9F3N2O. The maximum atomic E-state index is 12.4. The fourth-order valence-electron chi connectivity index (χ4n) is 1.52. The van der Waals surface area contributed by atoms with Gasteiger partial charge in [0.2, 0.25) is 0 Å². The average molecular weight is 242 g/mol. The Kier molecular flexibility index (Phi) is 2.89. The molecule has 3 nitrogen and oxygen atoms in total. The Morgan fingerprint density at radius 3 is 2.41 bits per heavy atom. The summed E-state index contributed by atoms with van der Waals surface area (Å²) in [5.41, 5.74) is 0.447. The van der Waals surface area contributed by atoms with E-state index in [1.165, 1.54) is 0 Å². The fraction of sp³-hybridized carbons (Fsp3) is 0.182. The smallest absolute Gasteiger partial charge is 0.379 e. The number of hydrogen-bond donors (Lipinski definition) is 2. The van der Waals surface area contributed by atoms with Crippen molar-refractivity contribution in [2.75, 3.05) is 0 Å². The van der Waals surface area contributed by atoms with Crippen LogP contribution in [0.1, 0.15) is 11.7 Å². The Hall–Kier alpha value is -1.82. The topological polar surface area (TPSA) is 48.9 Å².